The summed E-state index contributed by atoms with van der Waals surface area (Å²) in [4.78, 5) is 0. The maximum atomic E-state index is 0. The first-order chi connectivity index (χ1) is 0. The van der Waals surface area contributed by atoms with Gasteiger partial charge in [-0.05, 0) is 0 Å². The molecule has 0 fully saturated rings. The van der Waals surface area contributed by atoms with Crippen LogP contribution in [-0.4, -0.2) is 17.4 Å². The van der Waals surface area contributed by atoms with Gasteiger partial charge in [0, 0.05) is 85.6 Å². The van der Waals surface area contributed by atoms with E-state index < -0.39 is 0 Å². The summed E-state index contributed by atoms with van der Waals surface area (Å²) in [7, 11) is 0. The summed E-state index contributed by atoms with van der Waals surface area (Å²) in [6, 6.07) is 0. The van der Waals surface area contributed by atoms with E-state index in [9.17, 15) is 0 Å². The summed E-state index contributed by atoms with van der Waals surface area (Å²) >= 11 is 0. The van der Waals surface area contributed by atoms with Crippen LogP contribution in [0.1, 0.15) is 0 Å². The maximum absolute atomic E-state index is 0. The zero-order valence-electron chi connectivity index (χ0n) is 1.99. The molecule has 0 rings (SSSR count). The van der Waals surface area contributed by atoms with Gasteiger partial charge in [0.05, 0.1) is 0 Å². The molecular weight excluding hydrogens is 250 g/mol. The Hall–Kier alpha value is 2.61. The Morgan fingerprint density at radius 3 is 0.400 bits per heavy atom. The molecule has 0 aliphatic carbocycles. The summed E-state index contributed by atoms with van der Waals surface area (Å²) in [5.74, 6) is 0. The first-order valence-electron chi connectivity index (χ1n) is 0. The van der Waals surface area contributed by atoms with E-state index in [0.717, 1.165) is 0 Å². The molecule has 0 aromatic heterocycles. The minimum atomic E-state index is 0. The second-order valence-corrected chi connectivity index (χ2v) is 0. The third kappa shape index (κ3) is 20.6. The Bertz CT molecular complexity index is 3.61. The molecule has 3 radical (unpaired) electrons. The van der Waals surface area contributed by atoms with Gasteiger partial charge in [-0.1, -0.05) is 0 Å². The Balaban J connectivity index is 0. The summed E-state index contributed by atoms with van der Waals surface area (Å²) in [5, 5.41) is 0. The summed E-state index contributed by atoms with van der Waals surface area (Å²) in [6.07, 6.45) is 0. The molecule has 0 saturated carbocycles. The van der Waals surface area contributed by atoms with Gasteiger partial charge in [0.25, 0.3) is 0 Å². The van der Waals surface area contributed by atoms with Gasteiger partial charge in [-0.2, -0.15) is 0 Å². The molecule has 0 heterocycles. The minimum Gasteiger partial charge on any atom is 0 e. The summed E-state index contributed by atoms with van der Waals surface area (Å²) in [5.41, 5.74) is 0. The SMILES string of the molecule is [Al].[Fe].[Fe].[Fe].[Fe]. The predicted octanol–water partition coefficient (Wildman–Crippen LogP) is -0.391. The Morgan fingerprint density at radius 1 is 0.400 bits per heavy atom. The molecule has 5 heteroatoms. The van der Waals surface area contributed by atoms with Crippen molar-refractivity contribution in [2.45, 2.75) is 0 Å². The molecule has 0 amide bonds. The van der Waals surface area contributed by atoms with Gasteiger partial charge in [-0.3, -0.25) is 0 Å². The van der Waals surface area contributed by atoms with Crippen LogP contribution in [0.4, 0.5) is 0 Å². The monoisotopic (exact) mass is 251 g/mol. The topological polar surface area (TPSA) is 0 Å². The van der Waals surface area contributed by atoms with E-state index >= 15 is 0 Å². The number of rotatable bonds is 0. The van der Waals surface area contributed by atoms with Crippen molar-refractivity contribution in [3.8, 4) is 0 Å². The molecule has 35 valence electrons. The van der Waals surface area contributed by atoms with Crippen LogP contribution in [-0.2, 0) is 68.3 Å². The van der Waals surface area contributed by atoms with Gasteiger partial charge in [0.15, 0.2) is 0 Å². The van der Waals surface area contributed by atoms with E-state index in [2.05, 4.69) is 0 Å². The van der Waals surface area contributed by atoms with Crippen LogP contribution < -0.4 is 0 Å². The van der Waals surface area contributed by atoms with Crippen LogP contribution in [0.25, 0.3) is 0 Å². The van der Waals surface area contributed by atoms with Crippen LogP contribution in [0.5, 0.6) is 0 Å². The molecule has 0 aliphatic heterocycles. The van der Waals surface area contributed by atoms with E-state index in [4.69, 9.17) is 0 Å². The molecule has 0 saturated heterocycles. The van der Waals surface area contributed by atoms with Gasteiger partial charge in [0.1, 0.15) is 0 Å². The van der Waals surface area contributed by atoms with Crippen molar-refractivity contribution in [1.82, 2.24) is 0 Å². The smallest absolute Gasteiger partial charge is 0 e. The van der Waals surface area contributed by atoms with E-state index in [-0.39, 0.29) is 85.6 Å². The van der Waals surface area contributed by atoms with Crippen molar-refractivity contribution in [3.63, 3.8) is 0 Å². The van der Waals surface area contributed by atoms with Crippen LogP contribution in [0, 0.1) is 0 Å². The maximum Gasteiger partial charge on any atom is 0 e. The Morgan fingerprint density at radius 2 is 0.400 bits per heavy atom. The molecule has 0 N–H and O–H groups in total. The van der Waals surface area contributed by atoms with Gasteiger partial charge in [0.2, 0.25) is 0 Å². The second kappa shape index (κ2) is 30.5. The average Bonchev–Trinajstić information content (AvgIpc) is 0. The zero-order valence-corrected chi connectivity index (χ0v) is 7.56. The van der Waals surface area contributed by atoms with Crippen molar-refractivity contribution in [3.05, 3.63) is 0 Å². The van der Waals surface area contributed by atoms with Gasteiger partial charge in [-0.25, -0.2) is 0 Å². The van der Waals surface area contributed by atoms with E-state index in [1.54, 1.807) is 0 Å². The molecule has 0 spiro atoms. The van der Waals surface area contributed by atoms with Crippen molar-refractivity contribution < 1.29 is 68.3 Å². The van der Waals surface area contributed by atoms with Gasteiger partial charge in [-0.15, -0.1) is 0 Å². The molecular formula is AlFe4. The second-order valence-electron chi connectivity index (χ2n) is 0. The van der Waals surface area contributed by atoms with Gasteiger partial charge < -0.3 is 0 Å². The molecule has 0 nitrogen and oxygen atoms in total. The van der Waals surface area contributed by atoms with E-state index in [1.807, 2.05) is 0 Å². The van der Waals surface area contributed by atoms with Crippen molar-refractivity contribution in [2.75, 3.05) is 0 Å². The summed E-state index contributed by atoms with van der Waals surface area (Å²) in [6.45, 7) is 0. The fourth-order valence-corrected chi connectivity index (χ4v) is 0. The largest absolute Gasteiger partial charge is 0 e. The van der Waals surface area contributed by atoms with Crippen molar-refractivity contribution >= 4 is 17.4 Å². The minimum absolute atomic E-state index is 0. The van der Waals surface area contributed by atoms with Gasteiger partial charge >= 0.3 is 0 Å². The predicted molar refractivity (Wildman–Crippen MR) is 5.75 cm³/mol. The molecule has 0 aliphatic rings. The summed E-state index contributed by atoms with van der Waals surface area (Å²) < 4.78 is 0. The molecule has 5 heavy (non-hydrogen) atoms. The number of hydrogen-bond acceptors (Lipinski definition) is 0. The number of hydrogen-bond donors (Lipinski definition) is 0. The molecule has 0 bridgehead atoms. The third-order valence-electron chi connectivity index (χ3n) is 0. The first-order valence-corrected chi connectivity index (χ1v) is 0. The molecule has 0 aromatic rings. The first kappa shape index (κ1) is 48.8. The van der Waals surface area contributed by atoms with Crippen LogP contribution in [0.3, 0.4) is 0 Å². The van der Waals surface area contributed by atoms with Crippen LogP contribution in [0.15, 0.2) is 0 Å². The van der Waals surface area contributed by atoms with Crippen molar-refractivity contribution in [2.24, 2.45) is 0 Å². The zero-order chi connectivity index (χ0) is 0. The Labute approximate surface area is 84.6 Å². The standard InChI is InChI=1S/Al.4Fe. The molecule has 0 atom stereocenters. The van der Waals surface area contributed by atoms with Crippen LogP contribution in [0.2, 0.25) is 0 Å². The fourth-order valence-electron chi connectivity index (χ4n) is 0. The van der Waals surface area contributed by atoms with E-state index in [0.29, 0.717) is 0 Å². The normalized spacial score (nSPS) is 0. The third-order valence-corrected chi connectivity index (χ3v) is 0. The fraction of sp³-hybridized carbons (Fsp3) is 0. The van der Waals surface area contributed by atoms with E-state index in [1.165, 1.54) is 0 Å². The molecule has 0 unspecified atom stereocenters. The van der Waals surface area contributed by atoms with Crippen LogP contribution >= 0.6 is 0 Å². The Kier molecular flexibility index (Phi) is 298. The quantitative estimate of drug-likeness (QED) is 0.514. The van der Waals surface area contributed by atoms with Crippen molar-refractivity contribution in [1.29, 1.82) is 0 Å². The average molecular weight is 250 g/mol. The molecule has 0 aromatic carbocycles.